The molecule has 0 aliphatic carbocycles. The maximum atomic E-state index is 13.3. The van der Waals surface area contributed by atoms with Crippen molar-refractivity contribution in [2.75, 3.05) is 24.5 Å². The first-order valence-electron chi connectivity index (χ1n) is 8.20. The fourth-order valence-electron chi connectivity index (χ4n) is 2.77. The number of alkyl halides is 3. The fraction of sp³-hybridized carbons (Fsp3) is 0.412. The van der Waals surface area contributed by atoms with E-state index in [1.54, 1.807) is 4.90 Å². The molecular formula is C17H19ClF4N4O. The smallest absolute Gasteiger partial charge is 0.433 e. The van der Waals surface area contributed by atoms with Crippen LogP contribution in [0, 0.1) is 11.7 Å². The molecule has 0 radical (unpaired) electrons. The second-order valence-electron chi connectivity index (χ2n) is 6.11. The van der Waals surface area contributed by atoms with Gasteiger partial charge in [0.15, 0.2) is 5.69 Å². The van der Waals surface area contributed by atoms with Crippen LogP contribution in [0.25, 0.3) is 0 Å². The van der Waals surface area contributed by atoms with Gasteiger partial charge < -0.3 is 15.4 Å². The maximum absolute atomic E-state index is 13.3. The Morgan fingerprint density at radius 3 is 2.44 bits per heavy atom. The summed E-state index contributed by atoms with van der Waals surface area (Å²) in [5.41, 5.74) is 4.54. The molecule has 5 nitrogen and oxygen atoms in total. The van der Waals surface area contributed by atoms with E-state index in [0.717, 1.165) is 18.9 Å². The molecular weight excluding hydrogens is 388 g/mol. The van der Waals surface area contributed by atoms with Crippen LogP contribution in [0.1, 0.15) is 18.5 Å². The van der Waals surface area contributed by atoms with Gasteiger partial charge in [-0.3, -0.25) is 0 Å². The van der Waals surface area contributed by atoms with Gasteiger partial charge in [-0.05, 0) is 37.4 Å². The third-order valence-electron chi connectivity index (χ3n) is 4.23. The Bertz CT molecular complexity index is 767. The van der Waals surface area contributed by atoms with Crippen LogP contribution in [-0.4, -0.2) is 29.6 Å². The lowest BCUT2D eigenvalue weighted by Gasteiger charge is -2.31. The summed E-state index contributed by atoms with van der Waals surface area (Å²) < 4.78 is 58.2. The summed E-state index contributed by atoms with van der Waals surface area (Å²) in [6, 6.07) is 5.82. The van der Waals surface area contributed by atoms with Gasteiger partial charge in [0.25, 0.3) is 0 Å². The molecule has 0 bridgehead atoms. The Morgan fingerprint density at radius 2 is 1.85 bits per heavy atom. The number of aromatic nitrogens is 2. The average Bonchev–Trinajstić information content (AvgIpc) is 2.61. The van der Waals surface area contributed by atoms with Crippen molar-refractivity contribution in [1.82, 2.24) is 9.97 Å². The third-order valence-corrected chi connectivity index (χ3v) is 4.23. The number of hydrogen-bond donors (Lipinski definition) is 1. The topological polar surface area (TPSA) is 64.3 Å². The molecule has 0 spiro atoms. The van der Waals surface area contributed by atoms with Gasteiger partial charge in [0, 0.05) is 25.2 Å². The van der Waals surface area contributed by atoms with Crippen molar-refractivity contribution in [3.63, 3.8) is 0 Å². The van der Waals surface area contributed by atoms with Crippen LogP contribution < -0.4 is 15.4 Å². The average molecular weight is 407 g/mol. The summed E-state index contributed by atoms with van der Waals surface area (Å²) >= 11 is 0. The molecule has 1 saturated heterocycles. The van der Waals surface area contributed by atoms with E-state index in [0.29, 0.717) is 31.6 Å². The number of piperidine rings is 1. The number of ether oxygens (including phenoxy) is 1. The van der Waals surface area contributed by atoms with Gasteiger partial charge in [-0.25, -0.2) is 9.37 Å². The van der Waals surface area contributed by atoms with Crippen molar-refractivity contribution in [3.05, 3.63) is 41.8 Å². The van der Waals surface area contributed by atoms with Crippen molar-refractivity contribution < 1.29 is 22.3 Å². The molecule has 10 heteroatoms. The molecule has 148 valence electrons. The normalized spacial score (nSPS) is 15.4. The van der Waals surface area contributed by atoms with Crippen LogP contribution in [0.15, 0.2) is 30.3 Å². The molecule has 0 saturated carbocycles. The fourth-order valence-corrected chi connectivity index (χ4v) is 2.77. The molecule has 2 N–H and O–H groups in total. The van der Waals surface area contributed by atoms with E-state index in [1.807, 2.05) is 0 Å². The van der Waals surface area contributed by atoms with Crippen molar-refractivity contribution in [2.24, 2.45) is 11.7 Å². The summed E-state index contributed by atoms with van der Waals surface area (Å²) in [7, 11) is 0. The van der Waals surface area contributed by atoms with E-state index in [-0.39, 0.29) is 30.0 Å². The molecule has 0 atom stereocenters. The van der Waals surface area contributed by atoms with E-state index in [9.17, 15) is 17.6 Å². The molecule has 2 heterocycles. The van der Waals surface area contributed by atoms with Crippen molar-refractivity contribution in [1.29, 1.82) is 0 Å². The van der Waals surface area contributed by atoms with E-state index >= 15 is 0 Å². The summed E-state index contributed by atoms with van der Waals surface area (Å²) in [5.74, 6) is -0.489. The number of hydrogen-bond acceptors (Lipinski definition) is 5. The summed E-state index contributed by atoms with van der Waals surface area (Å²) in [5, 5.41) is 0. The van der Waals surface area contributed by atoms with E-state index in [2.05, 4.69) is 9.97 Å². The van der Waals surface area contributed by atoms with Crippen LogP contribution in [-0.2, 0) is 6.18 Å². The first-order valence-corrected chi connectivity index (χ1v) is 8.20. The predicted molar refractivity (Wildman–Crippen MR) is 94.7 cm³/mol. The first-order chi connectivity index (χ1) is 12.3. The van der Waals surface area contributed by atoms with Gasteiger partial charge >= 0.3 is 6.18 Å². The number of halogens is 5. The van der Waals surface area contributed by atoms with Gasteiger partial charge in [-0.2, -0.15) is 18.2 Å². The number of benzene rings is 1. The molecule has 3 rings (SSSR count). The number of nitrogens with two attached hydrogens (primary N) is 1. The lowest BCUT2D eigenvalue weighted by molar-refractivity contribution is -0.141. The SMILES string of the molecule is Cl.NCC1CCN(c2nc(Oc3cccc(F)c3)cc(C(F)(F)F)n2)CC1. The van der Waals surface area contributed by atoms with E-state index in [4.69, 9.17) is 10.5 Å². The molecule has 0 unspecified atom stereocenters. The van der Waals surface area contributed by atoms with Crippen molar-refractivity contribution in [3.8, 4) is 11.6 Å². The van der Waals surface area contributed by atoms with Gasteiger partial charge in [0.05, 0.1) is 0 Å². The Labute approximate surface area is 160 Å². The van der Waals surface area contributed by atoms with Crippen LogP contribution in [0.4, 0.5) is 23.5 Å². The van der Waals surface area contributed by atoms with Crippen LogP contribution in [0.3, 0.4) is 0 Å². The zero-order valence-electron chi connectivity index (χ0n) is 14.2. The summed E-state index contributed by atoms with van der Waals surface area (Å²) in [6.45, 7) is 1.58. The predicted octanol–water partition coefficient (Wildman–Crippen LogP) is 4.02. The Morgan fingerprint density at radius 1 is 1.15 bits per heavy atom. The number of nitrogens with zero attached hydrogens (tertiary/aromatic N) is 3. The maximum Gasteiger partial charge on any atom is 0.433 e. The van der Waals surface area contributed by atoms with Crippen molar-refractivity contribution >= 4 is 18.4 Å². The highest BCUT2D eigenvalue weighted by Crippen LogP contribution is 2.33. The van der Waals surface area contributed by atoms with E-state index < -0.39 is 17.7 Å². The Balaban J connectivity index is 0.00000261. The molecule has 27 heavy (non-hydrogen) atoms. The minimum absolute atomic E-state index is 0. The Hall–Kier alpha value is -2.13. The monoisotopic (exact) mass is 406 g/mol. The number of anilines is 1. The lowest BCUT2D eigenvalue weighted by Crippen LogP contribution is -2.37. The molecule has 1 aromatic heterocycles. The Kier molecular flexibility index (Phi) is 6.83. The lowest BCUT2D eigenvalue weighted by atomic mass is 9.97. The van der Waals surface area contributed by atoms with Gasteiger partial charge in [-0.15, -0.1) is 12.4 Å². The van der Waals surface area contributed by atoms with Crippen LogP contribution in [0.5, 0.6) is 11.6 Å². The molecule has 1 aliphatic rings. The first kappa shape index (κ1) is 21.2. The largest absolute Gasteiger partial charge is 0.439 e. The van der Waals surface area contributed by atoms with Gasteiger partial charge in [0.2, 0.25) is 11.8 Å². The van der Waals surface area contributed by atoms with E-state index in [1.165, 1.54) is 18.2 Å². The highest BCUT2D eigenvalue weighted by Gasteiger charge is 2.35. The molecule has 1 fully saturated rings. The second kappa shape index (κ2) is 8.71. The summed E-state index contributed by atoms with van der Waals surface area (Å²) in [4.78, 5) is 9.41. The molecule has 1 aliphatic heterocycles. The van der Waals surface area contributed by atoms with Gasteiger partial charge in [-0.1, -0.05) is 6.07 Å². The van der Waals surface area contributed by atoms with Crippen molar-refractivity contribution in [2.45, 2.75) is 19.0 Å². The second-order valence-corrected chi connectivity index (χ2v) is 6.11. The molecule has 2 aromatic rings. The summed E-state index contributed by atoms with van der Waals surface area (Å²) in [6.07, 6.45) is -3.13. The number of rotatable bonds is 4. The zero-order valence-corrected chi connectivity index (χ0v) is 15.1. The standard InChI is InChI=1S/C17H18F4N4O.ClH/c18-12-2-1-3-13(8-12)26-15-9-14(17(19,20)21)23-16(24-15)25-6-4-11(10-22)5-7-25;/h1-3,8-9,11H,4-7,10,22H2;1H. The quantitative estimate of drug-likeness (QED) is 0.777. The highest BCUT2D eigenvalue weighted by atomic mass is 35.5. The highest BCUT2D eigenvalue weighted by molar-refractivity contribution is 5.85. The third kappa shape index (κ3) is 5.43. The van der Waals surface area contributed by atoms with Crippen LogP contribution in [0.2, 0.25) is 0 Å². The van der Waals surface area contributed by atoms with Crippen LogP contribution >= 0.6 is 12.4 Å². The molecule has 0 amide bonds. The molecule has 1 aromatic carbocycles. The van der Waals surface area contributed by atoms with Gasteiger partial charge in [0.1, 0.15) is 11.6 Å². The zero-order chi connectivity index (χ0) is 18.7. The minimum atomic E-state index is -4.65. The minimum Gasteiger partial charge on any atom is -0.439 e.